The van der Waals surface area contributed by atoms with Crippen LogP contribution in [-0.4, -0.2) is 37.5 Å². The lowest BCUT2D eigenvalue weighted by molar-refractivity contribution is -0.124. The van der Waals surface area contributed by atoms with Crippen molar-refractivity contribution in [3.05, 3.63) is 0 Å². The van der Waals surface area contributed by atoms with E-state index >= 15 is 0 Å². The summed E-state index contributed by atoms with van der Waals surface area (Å²) in [6.45, 7) is 5.04. The van der Waals surface area contributed by atoms with E-state index in [0.29, 0.717) is 0 Å². The molecule has 0 rings (SSSR count). The number of carbonyl (C=O) groups is 1. The number of carbonyl (C=O) groups excluding carboxylic acids is 1. The largest absolute Gasteiger partial charge is 0.355 e. The van der Waals surface area contributed by atoms with Gasteiger partial charge >= 0.3 is 0 Å². The number of amides is 1. The van der Waals surface area contributed by atoms with Crippen molar-refractivity contribution in [3.63, 3.8) is 0 Å². The molecule has 0 spiro atoms. The van der Waals surface area contributed by atoms with E-state index in [-0.39, 0.29) is 11.9 Å². The first-order chi connectivity index (χ1) is 10.6. The van der Waals surface area contributed by atoms with Gasteiger partial charge in [0.1, 0.15) is 0 Å². The van der Waals surface area contributed by atoms with Gasteiger partial charge in [-0.3, -0.25) is 9.69 Å². The van der Waals surface area contributed by atoms with E-state index < -0.39 is 0 Å². The number of unbranched alkanes of at least 4 members (excludes halogenated alkanes) is 11. The molecule has 3 nitrogen and oxygen atoms in total. The molecule has 0 aromatic heterocycles. The van der Waals surface area contributed by atoms with Gasteiger partial charge in [0.2, 0.25) is 5.91 Å². The highest BCUT2D eigenvalue weighted by Crippen LogP contribution is 2.11. The van der Waals surface area contributed by atoms with Crippen LogP contribution < -0.4 is 5.32 Å². The Balaban J connectivity index is 3.19. The molecule has 1 N–H and O–H groups in total. The van der Waals surface area contributed by atoms with Crippen molar-refractivity contribution in [1.29, 1.82) is 0 Å². The Bertz CT molecular complexity index is 254. The fourth-order valence-corrected chi connectivity index (χ4v) is 2.56. The number of rotatable bonds is 15. The summed E-state index contributed by atoms with van der Waals surface area (Å²) in [5, 5.41) is 3.02. The third kappa shape index (κ3) is 13.1. The second-order valence-electron chi connectivity index (χ2n) is 6.82. The predicted molar refractivity (Wildman–Crippen MR) is 97.2 cm³/mol. The predicted octanol–water partition coefficient (Wildman–Crippen LogP) is 4.75. The molecule has 0 aromatic carbocycles. The lowest BCUT2D eigenvalue weighted by atomic mass is 10.1. The molecular weight excluding hydrogens is 272 g/mol. The van der Waals surface area contributed by atoms with Crippen LogP contribution in [0.15, 0.2) is 0 Å². The molecule has 132 valence electrons. The van der Waals surface area contributed by atoms with Crippen LogP contribution in [0.1, 0.15) is 90.9 Å². The number of nitrogens with one attached hydrogen (secondary N) is 1. The standard InChI is InChI=1S/C19H40N2O/c1-5-6-7-8-9-10-11-12-13-14-15-16-17-20-19(22)18(2)21(3)4/h18H,5-17H2,1-4H3,(H,20,22). The molecule has 0 aliphatic heterocycles. The van der Waals surface area contributed by atoms with Crippen LogP contribution in [0.2, 0.25) is 0 Å². The highest BCUT2D eigenvalue weighted by Gasteiger charge is 2.13. The van der Waals surface area contributed by atoms with E-state index in [2.05, 4.69) is 12.2 Å². The zero-order valence-corrected chi connectivity index (χ0v) is 15.6. The fourth-order valence-electron chi connectivity index (χ4n) is 2.56. The van der Waals surface area contributed by atoms with E-state index in [1.165, 1.54) is 70.6 Å². The zero-order chi connectivity index (χ0) is 16.6. The van der Waals surface area contributed by atoms with Crippen LogP contribution >= 0.6 is 0 Å². The van der Waals surface area contributed by atoms with Gasteiger partial charge < -0.3 is 5.32 Å². The molecule has 0 aliphatic rings. The first-order valence-electron chi connectivity index (χ1n) is 9.53. The molecule has 3 heteroatoms. The smallest absolute Gasteiger partial charge is 0.237 e. The third-order valence-corrected chi connectivity index (χ3v) is 4.48. The molecule has 0 saturated heterocycles. The summed E-state index contributed by atoms with van der Waals surface area (Å²) in [5.41, 5.74) is 0. The van der Waals surface area contributed by atoms with Crippen LogP contribution in [0.5, 0.6) is 0 Å². The molecule has 22 heavy (non-hydrogen) atoms. The molecular formula is C19H40N2O. The van der Waals surface area contributed by atoms with Crippen molar-refractivity contribution in [2.45, 2.75) is 96.9 Å². The van der Waals surface area contributed by atoms with Crippen molar-refractivity contribution in [3.8, 4) is 0 Å². The lowest BCUT2D eigenvalue weighted by Crippen LogP contribution is -2.41. The monoisotopic (exact) mass is 312 g/mol. The van der Waals surface area contributed by atoms with Crippen LogP contribution in [0.25, 0.3) is 0 Å². The normalized spacial score (nSPS) is 12.6. The number of hydrogen-bond acceptors (Lipinski definition) is 2. The average molecular weight is 313 g/mol. The van der Waals surface area contributed by atoms with Crippen molar-refractivity contribution >= 4 is 5.91 Å². The quantitative estimate of drug-likeness (QED) is 0.442. The molecule has 1 unspecified atom stereocenters. The van der Waals surface area contributed by atoms with E-state index in [1.54, 1.807) is 0 Å². The maximum atomic E-state index is 11.7. The van der Waals surface area contributed by atoms with Gasteiger partial charge in [-0.1, -0.05) is 77.6 Å². The Morgan fingerprint density at radius 2 is 1.23 bits per heavy atom. The fraction of sp³-hybridized carbons (Fsp3) is 0.947. The van der Waals surface area contributed by atoms with Crippen LogP contribution in [0.3, 0.4) is 0 Å². The van der Waals surface area contributed by atoms with Crippen LogP contribution in [-0.2, 0) is 4.79 Å². The Labute approximate surface area is 139 Å². The summed E-state index contributed by atoms with van der Waals surface area (Å²) in [7, 11) is 3.88. The van der Waals surface area contributed by atoms with Gasteiger partial charge in [0, 0.05) is 6.54 Å². The van der Waals surface area contributed by atoms with Crippen molar-refractivity contribution in [1.82, 2.24) is 10.2 Å². The first-order valence-corrected chi connectivity index (χ1v) is 9.53. The maximum Gasteiger partial charge on any atom is 0.237 e. The van der Waals surface area contributed by atoms with E-state index in [9.17, 15) is 4.79 Å². The van der Waals surface area contributed by atoms with Crippen molar-refractivity contribution in [2.75, 3.05) is 20.6 Å². The minimum absolute atomic E-state index is 0.0303. The maximum absolute atomic E-state index is 11.7. The Morgan fingerprint density at radius 3 is 1.64 bits per heavy atom. The first kappa shape index (κ1) is 21.4. The van der Waals surface area contributed by atoms with Crippen molar-refractivity contribution < 1.29 is 4.79 Å². The summed E-state index contributed by atoms with van der Waals surface area (Å²) >= 11 is 0. The Kier molecular flexibility index (Phi) is 14.9. The molecule has 1 atom stereocenters. The van der Waals surface area contributed by atoms with Gasteiger partial charge in [0.05, 0.1) is 6.04 Å². The molecule has 0 heterocycles. The summed E-state index contributed by atoms with van der Waals surface area (Å²) in [5.74, 6) is 0.146. The average Bonchev–Trinajstić information content (AvgIpc) is 2.50. The zero-order valence-electron chi connectivity index (χ0n) is 15.6. The topological polar surface area (TPSA) is 32.3 Å². The second kappa shape index (κ2) is 15.3. The van der Waals surface area contributed by atoms with E-state index in [1.807, 2.05) is 25.9 Å². The third-order valence-electron chi connectivity index (χ3n) is 4.48. The number of hydrogen-bond donors (Lipinski definition) is 1. The summed E-state index contributed by atoms with van der Waals surface area (Å²) in [6.07, 6.45) is 16.3. The highest BCUT2D eigenvalue weighted by molar-refractivity contribution is 5.81. The second-order valence-corrected chi connectivity index (χ2v) is 6.82. The molecule has 0 radical (unpaired) electrons. The molecule has 1 amide bonds. The summed E-state index contributed by atoms with van der Waals surface area (Å²) < 4.78 is 0. The number of nitrogens with zero attached hydrogens (tertiary/aromatic N) is 1. The minimum atomic E-state index is -0.0303. The van der Waals surface area contributed by atoms with Gasteiger partial charge in [0.25, 0.3) is 0 Å². The SMILES string of the molecule is CCCCCCCCCCCCCCNC(=O)C(C)N(C)C. The molecule has 0 aliphatic carbocycles. The Morgan fingerprint density at radius 1 is 0.818 bits per heavy atom. The van der Waals surface area contributed by atoms with Gasteiger partial charge in [0.15, 0.2) is 0 Å². The summed E-state index contributed by atoms with van der Waals surface area (Å²) in [6, 6.07) is -0.0303. The van der Waals surface area contributed by atoms with Gasteiger partial charge in [-0.2, -0.15) is 0 Å². The molecule has 0 bridgehead atoms. The lowest BCUT2D eigenvalue weighted by Gasteiger charge is -2.18. The molecule has 0 saturated carbocycles. The highest BCUT2D eigenvalue weighted by atomic mass is 16.2. The van der Waals surface area contributed by atoms with Crippen molar-refractivity contribution in [2.24, 2.45) is 0 Å². The van der Waals surface area contributed by atoms with Gasteiger partial charge in [-0.05, 0) is 27.4 Å². The Hall–Kier alpha value is -0.570. The van der Waals surface area contributed by atoms with Crippen LogP contribution in [0.4, 0.5) is 0 Å². The van der Waals surface area contributed by atoms with Crippen LogP contribution in [0, 0.1) is 0 Å². The summed E-state index contributed by atoms with van der Waals surface area (Å²) in [4.78, 5) is 13.7. The van der Waals surface area contributed by atoms with E-state index in [0.717, 1.165) is 13.0 Å². The number of likely N-dealkylation sites (N-methyl/N-ethyl adjacent to an activating group) is 1. The van der Waals surface area contributed by atoms with Gasteiger partial charge in [-0.25, -0.2) is 0 Å². The van der Waals surface area contributed by atoms with Gasteiger partial charge in [-0.15, -0.1) is 0 Å². The molecule has 0 aromatic rings. The molecule has 0 fully saturated rings. The van der Waals surface area contributed by atoms with E-state index in [4.69, 9.17) is 0 Å². The minimum Gasteiger partial charge on any atom is -0.355 e.